The molecule has 2 N–H and O–H groups in total. The van der Waals surface area contributed by atoms with Crippen molar-refractivity contribution >= 4 is 28.6 Å². The quantitative estimate of drug-likeness (QED) is 0.400. The number of benzene rings is 2. The van der Waals surface area contributed by atoms with E-state index in [1.165, 1.54) is 5.56 Å². The van der Waals surface area contributed by atoms with Crippen molar-refractivity contribution in [1.82, 2.24) is 29.5 Å². The van der Waals surface area contributed by atoms with Crippen molar-refractivity contribution in [3.05, 3.63) is 77.1 Å². The fraction of sp³-hybridized carbons (Fsp3) is 0.357. The normalized spacial score (nSPS) is 15.6. The van der Waals surface area contributed by atoms with E-state index in [1.54, 1.807) is 17.1 Å². The highest BCUT2D eigenvalue weighted by atomic mass is 16.1. The van der Waals surface area contributed by atoms with Crippen LogP contribution in [0.3, 0.4) is 0 Å². The Labute approximate surface area is 217 Å². The van der Waals surface area contributed by atoms with E-state index in [0.717, 1.165) is 60.7 Å². The molecule has 4 aromatic rings. The van der Waals surface area contributed by atoms with Crippen LogP contribution in [-0.2, 0) is 13.6 Å². The zero-order valence-electron chi connectivity index (χ0n) is 21.9. The SMILES string of the molecule is Cc1cc(C(=O)Nc2cccc([C@H](C)Nc3cnc4cnn(C)c4n3)c2)ccc1CN1CCN(C)CC1. The summed E-state index contributed by atoms with van der Waals surface area (Å²) < 4.78 is 1.70. The van der Waals surface area contributed by atoms with Gasteiger partial charge in [-0.2, -0.15) is 5.10 Å². The van der Waals surface area contributed by atoms with E-state index >= 15 is 0 Å². The number of carbonyl (C=O) groups excluding carboxylic acids is 1. The molecule has 0 spiro atoms. The Bertz CT molecular complexity index is 1410. The van der Waals surface area contributed by atoms with Gasteiger partial charge in [-0.05, 0) is 61.9 Å². The number of hydrogen-bond donors (Lipinski definition) is 2. The number of amides is 1. The lowest BCUT2D eigenvalue weighted by Crippen LogP contribution is -2.43. The zero-order valence-corrected chi connectivity index (χ0v) is 21.9. The standard InChI is InChI=1S/C28H34N8O/c1-19-14-22(8-9-23(19)18-36-12-10-34(3)11-13-36)28(37)32-24-7-5-6-21(15-24)20(2)31-26-17-29-25-16-30-35(4)27(25)33-26/h5-9,14-17,20H,10-13,18H2,1-4H3,(H,31,33)(H,32,37)/t20-/m0/s1. The Kier molecular flexibility index (Phi) is 7.16. The van der Waals surface area contributed by atoms with Crippen LogP contribution in [0.15, 0.2) is 54.9 Å². The zero-order chi connectivity index (χ0) is 25.9. The molecule has 3 heterocycles. The smallest absolute Gasteiger partial charge is 0.255 e. The van der Waals surface area contributed by atoms with Gasteiger partial charge in [-0.1, -0.05) is 18.2 Å². The summed E-state index contributed by atoms with van der Waals surface area (Å²) in [5.74, 6) is 0.560. The van der Waals surface area contributed by atoms with Crippen LogP contribution in [0.2, 0.25) is 0 Å². The highest BCUT2D eigenvalue weighted by molar-refractivity contribution is 6.04. The third-order valence-electron chi connectivity index (χ3n) is 7.04. The van der Waals surface area contributed by atoms with E-state index in [-0.39, 0.29) is 11.9 Å². The number of piperazine rings is 1. The summed E-state index contributed by atoms with van der Waals surface area (Å²) in [5, 5.41) is 10.6. The van der Waals surface area contributed by atoms with Gasteiger partial charge in [-0.15, -0.1) is 0 Å². The number of anilines is 2. The average molecular weight is 499 g/mol. The van der Waals surface area contributed by atoms with Crippen LogP contribution < -0.4 is 10.6 Å². The molecule has 0 saturated carbocycles. The number of likely N-dealkylation sites (N-methyl/N-ethyl adjacent to an activating group) is 1. The molecule has 9 heteroatoms. The summed E-state index contributed by atoms with van der Waals surface area (Å²) in [6.07, 6.45) is 3.41. The van der Waals surface area contributed by atoms with Crippen molar-refractivity contribution in [2.75, 3.05) is 43.9 Å². The topological polar surface area (TPSA) is 91.2 Å². The molecule has 1 aliphatic rings. The first-order chi connectivity index (χ1) is 17.9. The van der Waals surface area contributed by atoms with Gasteiger partial charge in [0.1, 0.15) is 11.3 Å². The van der Waals surface area contributed by atoms with Crippen molar-refractivity contribution in [2.24, 2.45) is 7.05 Å². The van der Waals surface area contributed by atoms with Crippen molar-refractivity contribution in [3.8, 4) is 0 Å². The second-order valence-corrected chi connectivity index (χ2v) is 9.90. The number of rotatable bonds is 7. The van der Waals surface area contributed by atoms with Crippen LogP contribution in [0.5, 0.6) is 0 Å². The molecule has 1 aliphatic heterocycles. The lowest BCUT2D eigenvalue weighted by Gasteiger charge is -2.32. The maximum absolute atomic E-state index is 13.0. The Morgan fingerprint density at radius 1 is 1.05 bits per heavy atom. The fourth-order valence-corrected chi connectivity index (χ4v) is 4.64. The fourth-order valence-electron chi connectivity index (χ4n) is 4.64. The highest BCUT2D eigenvalue weighted by Gasteiger charge is 2.16. The minimum absolute atomic E-state index is 0.0343. The van der Waals surface area contributed by atoms with Gasteiger partial charge in [0.25, 0.3) is 5.91 Å². The first-order valence-electron chi connectivity index (χ1n) is 12.7. The van der Waals surface area contributed by atoms with Gasteiger partial charge in [0.05, 0.1) is 18.4 Å². The average Bonchev–Trinajstić information content (AvgIpc) is 3.26. The maximum Gasteiger partial charge on any atom is 0.255 e. The molecule has 1 fully saturated rings. The summed E-state index contributed by atoms with van der Waals surface area (Å²) >= 11 is 0. The van der Waals surface area contributed by atoms with E-state index in [0.29, 0.717) is 11.4 Å². The Balaban J connectivity index is 1.23. The van der Waals surface area contributed by atoms with Crippen molar-refractivity contribution in [2.45, 2.75) is 26.4 Å². The lowest BCUT2D eigenvalue weighted by atomic mass is 10.0. The molecule has 9 nitrogen and oxygen atoms in total. The van der Waals surface area contributed by atoms with E-state index in [4.69, 9.17) is 0 Å². The van der Waals surface area contributed by atoms with Gasteiger partial charge >= 0.3 is 0 Å². The van der Waals surface area contributed by atoms with Crippen LogP contribution in [0, 0.1) is 6.92 Å². The summed E-state index contributed by atoms with van der Waals surface area (Å²) in [7, 11) is 4.01. The molecule has 1 atom stereocenters. The van der Waals surface area contributed by atoms with Crippen LogP contribution in [-0.4, -0.2) is 68.7 Å². The minimum atomic E-state index is -0.112. The lowest BCUT2D eigenvalue weighted by molar-refractivity contribution is 0.102. The van der Waals surface area contributed by atoms with Crippen molar-refractivity contribution in [1.29, 1.82) is 0 Å². The van der Waals surface area contributed by atoms with Crippen LogP contribution in [0.1, 0.15) is 40.0 Å². The number of nitrogens with zero attached hydrogens (tertiary/aromatic N) is 6. The van der Waals surface area contributed by atoms with Gasteiger partial charge in [0.15, 0.2) is 5.65 Å². The number of aryl methyl sites for hydroxylation is 2. The predicted molar refractivity (Wildman–Crippen MR) is 147 cm³/mol. The molecule has 37 heavy (non-hydrogen) atoms. The minimum Gasteiger partial charge on any atom is -0.362 e. The Morgan fingerprint density at radius 2 is 1.86 bits per heavy atom. The molecule has 5 rings (SSSR count). The van der Waals surface area contributed by atoms with Crippen molar-refractivity contribution in [3.63, 3.8) is 0 Å². The molecule has 192 valence electrons. The van der Waals surface area contributed by atoms with E-state index in [2.05, 4.69) is 62.5 Å². The Morgan fingerprint density at radius 3 is 2.65 bits per heavy atom. The Hall–Kier alpha value is -3.82. The largest absolute Gasteiger partial charge is 0.362 e. The summed E-state index contributed by atoms with van der Waals surface area (Å²) in [5.41, 5.74) is 6.35. The number of fused-ring (bicyclic) bond motifs is 1. The van der Waals surface area contributed by atoms with Gasteiger partial charge in [-0.3, -0.25) is 9.69 Å². The molecule has 0 bridgehead atoms. The molecule has 0 aliphatic carbocycles. The molecule has 0 unspecified atom stereocenters. The number of nitrogens with one attached hydrogen (secondary N) is 2. The molecular weight excluding hydrogens is 464 g/mol. The molecule has 0 radical (unpaired) electrons. The van der Waals surface area contributed by atoms with E-state index in [9.17, 15) is 4.79 Å². The number of aromatic nitrogens is 4. The first kappa shape index (κ1) is 24.9. The van der Waals surface area contributed by atoms with Gasteiger partial charge in [0, 0.05) is 51.0 Å². The summed E-state index contributed by atoms with van der Waals surface area (Å²) in [6, 6.07) is 13.8. The summed E-state index contributed by atoms with van der Waals surface area (Å²) in [4.78, 5) is 26.9. The van der Waals surface area contributed by atoms with E-state index < -0.39 is 0 Å². The number of carbonyl (C=O) groups is 1. The first-order valence-corrected chi connectivity index (χ1v) is 12.7. The molecular formula is C28H34N8O. The second kappa shape index (κ2) is 10.7. The van der Waals surface area contributed by atoms with Crippen molar-refractivity contribution < 1.29 is 4.79 Å². The van der Waals surface area contributed by atoms with Gasteiger partial charge in [-0.25, -0.2) is 14.6 Å². The molecule has 1 saturated heterocycles. The van der Waals surface area contributed by atoms with Gasteiger partial charge in [0.2, 0.25) is 0 Å². The molecule has 1 amide bonds. The van der Waals surface area contributed by atoms with Gasteiger partial charge < -0.3 is 15.5 Å². The monoisotopic (exact) mass is 498 g/mol. The predicted octanol–water partition coefficient (Wildman–Crippen LogP) is 3.84. The van der Waals surface area contributed by atoms with Crippen LogP contribution in [0.25, 0.3) is 11.2 Å². The number of hydrogen-bond acceptors (Lipinski definition) is 7. The highest BCUT2D eigenvalue weighted by Crippen LogP contribution is 2.23. The van der Waals surface area contributed by atoms with E-state index in [1.807, 2.05) is 43.4 Å². The summed E-state index contributed by atoms with van der Waals surface area (Å²) in [6.45, 7) is 9.41. The van der Waals surface area contributed by atoms with Crippen LogP contribution in [0.4, 0.5) is 11.5 Å². The van der Waals surface area contributed by atoms with Crippen LogP contribution >= 0.6 is 0 Å². The third kappa shape index (κ3) is 5.79. The molecule has 2 aromatic carbocycles. The molecule has 2 aromatic heterocycles. The maximum atomic E-state index is 13.0. The second-order valence-electron chi connectivity index (χ2n) is 9.90. The third-order valence-corrected chi connectivity index (χ3v) is 7.04.